The predicted molar refractivity (Wildman–Crippen MR) is 115 cm³/mol. The fraction of sp³-hybridized carbons (Fsp3) is 0.833. The van der Waals surface area contributed by atoms with Gasteiger partial charge in [-0.15, -0.1) is 6.54 Å². The van der Waals surface area contributed by atoms with Gasteiger partial charge in [-0.3, -0.25) is 5.32 Å². The van der Waals surface area contributed by atoms with E-state index in [1.807, 2.05) is 34.6 Å². The van der Waals surface area contributed by atoms with Gasteiger partial charge in [-0.25, -0.2) is 0 Å². The molecule has 0 aromatic rings. The van der Waals surface area contributed by atoms with Gasteiger partial charge < -0.3 is 34.6 Å². The molecule has 0 saturated carbocycles. The Kier molecular flexibility index (Phi) is 18.6. The molecular formula is C18H34Cl2N4O4Pd-2. The summed E-state index contributed by atoms with van der Waals surface area (Å²) in [5.41, 5.74) is 1.05. The Labute approximate surface area is 191 Å². The molecule has 0 radical (unpaired) electrons. The van der Waals surface area contributed by atoms with Gasteiger partial charge in [0.05, 0.1) is 19.2 Å². The van der Waals surface area contributed by atoms with Gasteiger partial charge in [0.25, 0.3) is 0 Å². The molecule has 1 fully saturated rings. The number of nitrogens with zero attached hydrogens (tertiary/aromatic N) is 3. The number of nitrogens with one attached hydrogen (secondary N) is 1. The zero-order valence-electron chi connectivity index (χ0n) is 18.0. The van der Waals surface area contributed by atoms with E-state index in [1.165, 1.54) is 0 Å². The van der Waals surface area contributed by atoms with Crippen molar-refractivity contribution in [3.05, 3.63) is 22.1 Å². The van der Waals surface area contributed by atoms with E-state index in [1.54, 1.807) is 0 Å². The van der Waals surface area contributed by atoms with E-state index >= 15 is 0 Å². The average molecular weight is 548 g/mol. The van der Waals surface area contributed by atoms with Gasteiger partial charge >= 0.3 is 35.0 Å². The van der Waals surface area contributed by atoms with Crippen molar-refractivity contribution in [1.29, 1.82) is 0 Å². The Hall–Kier alpha value is -0.108. The third kappa shape index (κ3) is 13.0. The molecule has 2 aliphatic heterocycles. The molecule has 11 heteroatoms. The normalized spacial score (nSPS) is 23.7. The van der Waals surface area contributed by atoms with Crippen LogP contribution in [0.5, 0.6) is 0 Å². The van der Waals surface area contributed by atoms with Crippen molar-refractivity contribution in [2.24, 2.45) is 10.9 Å². The number of amidine groups is 1. The Balaban J connectivity index is 0.000000477. The third-order valence-electron chi connectivity index (χ3n) is 3.62. The van der Waals surface area contributed by atoms with Gasteiger partial charge in [0.2, 0.25) is 0 Å². The van der Waals surface area contributed by atoms with Crippen LogP contribution in [0.2, 0.25) is 0 Å². The van der Waals surface area contributed by atoms with Crippen LogP contribution < -0.4 is 5.32 Å². The van der Waals surface area contributed by atoms with Gasteiger partial charge in [0.1, 0.15) is 12.1 Å². The SMILES string of the molecule is CCOC1=NC(OCC)=C(C)C[N-]1.CCOC1[N-]CC(C)C(OCC)N1.[Cl][Pd][Cl]. The predicted octanol–water partition coefficient (Wildman–Crippen LogP) is 4.69. The Morgan fingerprint density at radius 1 is 1.07 bits per heavy atom. The monoisotopic (exact) mass is 546 g/mol. The second-order valence-electron chi connectivity index (χ2n) is 5.90. The molecule has 0 aromatic carbocycles. The molecular weight excluding hydrogens is 514 g/mol. The number of hydrogen-bond acceptors (Lipinski definition) is 6. The van der Waals surface area contributed by atoms with Crippen molar-refractivity contribution >= 4 is 25.1 Å². The minimum absolute atomic E-state index is 0.0825. The minimum atomic E-state index is -0.183. The first kappa shape index (κ1) is 28.9. The van der Waals surface area contributed by atoms with Crippen LogP contribution in [0.4, 0.5) is 0 Å². The standard InChI is InChI=1S/C9H19N2O2.C9H15N2O2.2ClH.Pd/c2*1-4-12-8-7(3)6-10-9(11-8)13-5-2;;;/h7-9,11H,4-6H2,1-3H3;4-6H2,1-3H3;2*1H;/q2*-1;;;+2/p-2. The quantitative estimate of drug-likeness (QED) is 0.467. The summed E-state index contributed by atoms with van der Waals surface area (Å²) < 4.78 is 21.4. The van der Waals surface area contributed by atoms with Crippen molar-refractivity contribution in [3.8, 4) is 0 Å². The summed E-state index contributed by atoms with van der Waals surface area (Å²) in [5.74, 6) is 1.08. The average Bonchev–Trinajstić information content (AvgIpc) is 2.69. The maximum atomic E-state index is 5.52. The molecule has 3 unspecified atom stereocenters. The molecule has 1 N–H and O–H groups in total. The molecule has 1 saturated heterocycles. The van der Waals surface area contributed by atoms with E-state index < -0.39 is 0 Å². The first-order valence-electron chi connectivity index (χ1n) is 9.66. The number of rotatable bonds is 7. The van der Waals surface area contributed by atoms with Crippen LogP contribution in [0.3, 0.4) is 0 Å². The fourth-order valence-corrected chi connectivity index (χ4v) is 2.34. The van der Waals surface area contributed by atoms with Crippen molar-refractivity contribution in [1.82, 2.24) is 5.32 Å². The van der Waals surface area contributed by atoms with E-state index in [-0.39, 0.29) is 28.5 Å². The number of ether oxygens (including phenoxy) is 4. The molecule has 0 bridgehead atoms. The molecule has 3 atom stereocenters. The van der Waals surface area contributed by atoms with E-state index in [0.29, 0.717) is 44.2 Å². The van der Waals surface area contributed by atoms with Crippen LogP contribution in [0.25, 0.3) is 10.6 Å². The van der Waals surface area contributed by atoms with Gasteiger partial charge in [0, 0.05) is 19.6 Å². The number of halogens is 2. The zero-order chi connectivity index (χ0) is 22.1. The summed E-state index contributed by atoms with van der Waals surface area (Å²) in [5, 5.41) is 11.6. The second kappa shape index (κ2) is 18.6. The van der Waals surface area contributed by atoms with Gasteiger partial charge in [-0.1, -0.05) is 6.92 Å². The molecule has 29 heavy (non-hydrogen) atoms. The van der Waals surface area contributed by atoms with Crippen molar-refractivity contribution in [3.63, 3.8) is 0 Å². The molecule has 0 aromatic heterocycles. The molecule has 176 valence electrons. The first-order valence-corrected chi connectivity index (χ1v) is 13.7. The zero-order valence-corrected chi connectivity index (χ0v) is 21.1. The van der Waals surface area contributed by atoms with Gasteiger partial charge in [0.15, 0.2) is 0 Å². The molecule has 2 rings (SSSR count). The Morgan fingerprint density at radius 3 is 2.24 bits per heavy atom. The van der Waals surface area contributed by atoms with Crippen LogP contribution in [-0.4, -0.2) is 58.1 Å². The fourth-order valence-electron chi connectivity index (χ4n) is 2.34. The van der Waals surface area contributed by atoms with Crippen molar-refractivity contribution in [2.75, 3.05) is 39.5 Å². The molecule has 0 amide bonds. The van der Waals surface area contributed by atoms with Crippen LogP contribution >= 0.6 is 19.1 Å². The van der Waals surface area contributed by atoms with E-state index in [9.17, 15) is 0 Å². The van der Waals surface area contributed by atoms with Crippen molar-refractivity contribution < 1.29 is 34.9 Å². The molecule has 8 nitrogen and oxygen atoms in total. The molecule has 2 aliphatic rings. The van der Waals surface area contributed by atoms with Crippen LogP contribution in [0.1, 0.15) is 41.5 Å². The van der Waals surface area contributed by atoms with Crippen LogP contribution in [0, 0.1) is 5.92 Å². The summed E-state index contributed by atoms with van der Waals surface area (Å²) >= 11 is -0.106. The van der Waals surface area contributed by atoms with Crippen LogP contribution in [-0.2, 0) is 34.9 Å². The Morgan fingerprint density at radius 2 is 1.69 bits per heavy atom. The first-order chi connectivity index (χ1) is 14.0. The Bertz CT molecular complexity index is 483. The summed E-state index contributed by atoms with van der Waals surface area (Å²) in [6, 6.07) is 0.427. The third-order valence-corrected chi connectivity index (χ3v) is 3.62. The topological polar surface area (TPSA) is 89.5 Å². The van der Waals surface area contributed by atoms with E-state index in [2.05, 4.69) is 27.9 Å². The van der Waals surface area contributed by atoms with E-state index in [4.69, 9.17) is 38.0 Å². The van der Waals surface area contributed by atoms with Crippen LogP contribution in [0.15, 0.2) is 16.4 Å². The summed E-state index contributed by atoms with van der Waals surface area (Å²) in [7, 11) is 9.63. The maximum absolute atomic E-state index is 5.52. The molecule has 2 heterocycles. The van der Waals surface area contributed by atoms with Gasteiger partial charge in [-0.05, 0) is 52.7 Å². The second-order valence-corrected chi connectivity index (χ2v) is 8.26. The van der Waals surface area contributed by atoms with Crippen molar-refractivity contribution in [2.45, 2.75) is 54.1 Å². The summed E-state index contributed by atoms with van der Waals surface area (Å²) in [6.45, 7) is 15.9. The number of aliphatic imine (C=N–C) groups is 1. The number of hydrogen-bond donors (Lipinski definition) is 1. The molecule has 0 aliphatic carbocycles. The molecule has 0 spiro atoms. The summed E-state index contributed by atoms with van der Waals surface area (Å²) in [4.78, 5) is 4.13. The van der Waals surface area contributed by atoms with E-state index in [0.717, 1.165) is 18.7 Å². The summed E-state index contributed by atoms with van der Waals surface area (Å²) in [6.07, 6.45) is -0.100. The van der Waals surface area contributed by atoms with Gasteiger partial charge in [-0.2, -0.15) is 0 Å².